The Morgan fingerprint density at radius 1 is 1.19 bits per heavy atom. The molecule has 3 heterocycles. The lowest BCUT2D eigenvalue weighted by atomic mass is 10.0. The Balaban J connectivity index is 1.72. The molecule has 1 aromatic carbocycles. The summed E-state index contributed by atoms with van der Waals surface area (Å²) in [5.41, 5.74) is 2.10. The van der Waals surface area contributed by atoms with Crippen molar-refractivity contribution in [1.82, 2.24) is 4.98 Å². The van der Waals surface area contributed by atoms with Crippen LogP contribution in [-0.4, -0.2) is 37.1 Å². The molecular weight excluding hydrogens is 288 g/mol. The average molecular weight is 305 g/mol. The van der Waals surface area contributed by atoms with Crippen LogP contribution in [0.4, 0.5) is 5.69 Å². The summed E-state index contributed by atoms with van der Waals surface area (Å²) in [5.74, 6) is -0.416. The van der Waals surface area contributed by atoms with E-state index in [-0.39, 0.29) is 0 Å². The van der Waals surface area contributed by atoms with Gasteiger partial charge in [0.25, 0.3) is 0 Å². The Kier molecular flexibility index (Phi) is 3.25. The van der Waals surface area contributed by atoms with Crippen LogP contribution in [0.2, 0.25) is 5.02 Å². The van der Waals surface area contributed by atoms with Gasteiger partial charge in [0.15, 0.2) is 5.79 Å². The molecule has 5 heteroatoms. The maximum absolute atomic E-state index is 6.06. The third-order valence-corrected chi connectivity index (χ3v) is 4.49. The van der Waals surface area contributed by atoms with E-state index in [2.05, 4.69) is 16.0 Å². The first kappa shape index (κ1) is 13.3. The first-order chi connectivity index (χ1) is 10.3. The van der Waals surface area contributed by atoms with Gasteiger partial charge < -0.3 is 14.4 Å². The summed E-state index contributed by atoms with van der Waals surface area (Å²) in [6.07, 6.45) is 3.88. The molecule has 1 aromatic heterocycles. The van der Waals surface area contributed by atoms with Gasteiger partial charge in [-0.25, -0.2) is 0 Å². The summed E-state index contributed by atoms with van der Waals surface area (Å²) in [5, 5.41) is 1.83. The predicted molar refractivity (Wildman–Crippen MR) is 82.8 cm³/mol. The van der Waals surface area contributed by atoms with E-state index in [1.165, 1.54) is 5.69 Å². The number of pyridine rings is 1. The van der Waals surface area contributed by atoms with Crippen LogP contribution in [0.15, 0.2) is 30.5 Å². The molecule has 4 nitrogen and oxygen atoms in total. The molecule has 0 amide bonds. The molecule has 110 valence electrons. The topological polar surface area (TPSA) is 34.6 Å². The molecule has 4 rings (SSSR count). The van der Waals surface area contributed by atoms with Gasteiger partial charge in [0.05, 0.1) is 25.3 Å². The Morgan fingerprint density at radius 2 is 2.05 bits per heavy atom. The van der Waals surface area contributed by atoms with Crippen molar-refractivity contribution in [3.63, 3.8) is 0 Å². The Hall–Kier alpha value is -1.36. The first-order valence-corrected chi connectivity index (χ1v) is 7.71. The molecule has 0 unspecified atom stereocenters. The third kappa shape index (κ3) is 2.37. The first-order valence-electron chi connectivity index (χ1n) is 7.33. The number of nitrogens with zero attached hydrogens (tertiary/aromatic N) is 2. The van der Waals surface area contributed by atoms with Gasteiger partial charge in [-0.2, -0.15) is 0 Å². The zero-order valence-corrected chi connectivity index (χ0v) is 12.5. The highest BCUT2D eigenvalue weighted by Gasteiger charge is 2.41. The lowest BCUT2D eigenvalue weighted by Crippen LogP contribution is -2.49. The van der Waals surface area contributed by atoms with Gasteiger partial charge in [0, 0.05) is 35.3 Å². The van der Waals surface area contributed by atoms with Gasteiger partial charge in [0.1, 0.15) is 0 Å². The number of rotatable bonds is 1. The number of hydrogen-bond donors (Lipinski definition) is 0. The summed E-state index contributed by atoms with van der Waals surface area (Å²) < 4.78 is 11.7. The molecule has 0 atom stereocenters. The van der Waals surface area contributed by atoms with Crippen LogP contribution in [0.1, 0.15) is 12.8 Å². The Labute approximate surface area is 128 Å². The molecule has 2 aromatic rings. The van der Waals surface area contributed by atoms with Gasteiger partial charge in [-0.15, -0.1) is 0 Å². The monoisotopic (exact) mass is 304 g/mol. The number of fused-ring (bicyclic) bond motifs is 1. The predicted octanol–water partition coefficient (Wildman–Crippen LogP) is 3.23. The van der Waals surface area contributed by atoms with Gasteiger partial charge in [0.2, 0.25) is 0 Å². The summed E-state index contributed by atoms with van der Waals surface area (Å²) in [6, 6.07) is 7.92. The third-order valence-electron chi connectivity index (χ3n) is 4.25. The fraction of sp³-hybridized carbons (Fsp3) is 0.438. The summed E-state index contributed by atoms with van der Waals surface area (Å²) in [4.78, 5) is 6.75. The van der Waals surface area contributed by atoms with Crippen LogP contribution in [0, 0.1) is 0 Å². The smallest absolute Gasteiger partial charge is 0.186 e. The largest absolute Gasteiger partial charge is 0.366 e. The van der Waals surface area contributed by atoms with Crippen LogP contribution < -0.4 is 4.90 Å². The van der Waals surface area contributed by atoms with E-state index >= 15 is 0 Å². The lowest BCUT2D eigenvalue weighted by Gasteiger charge is -2.40. The molecule has 0 aliphatic carbocycles. The number of anilines is 1. The summed E-state index contributed by atoms with van der Waals surface area (Å²) in [7, 11) is 0. The second kappa shape index (κ2) is 5.13. The zero-order chi connectivity index (χ0) is 14.3. The van der Waals surface area contributed by atoms with E-state index in [0.29, 0.717) is 18.2 Å². The molecule has 2 aliphatic rings. The van der Waals surface area contributed by atoms with Crippen LogP contribution in [0.25, 0.3) is 10.9 Å². The minimum absolute atomic E-state index is 0.416. The number of benzene rings is 1. The lowest BCUT2D eigenvalue weighted by molar-refractivity contribution is -0.161. The Morgan fingerprint density at radius 3 is 2.90 bits per heavy atom. The maximum Gasteiger partial charge on any atom is 0.186 e. The van der Waals surface area contributed by atoms with Crippen LogP contribution >= 0.6 is 11.6 Å². The van der Waals surface area contributed by atoms with E-state index in [0.717, 1.165) is 36.8 Å². The molecular formula is C16H17ClN2O2. The molecule has 2 saturated heterocycles. The van der Waals surface area contributed by atoms with Gasteiger partial charge in [-0.3, -0.25) is 4.98 Å². The van der Waals surface area contributed by atoms with Gasteiger partial charge >= 0.3 is 0 Å². The summed E-state index contributed by atoms with van der Waals surface area (Å²) >= 11 is 6.06. The molecule has 0 saturated carbocycles. The highest BCUT2D eigenvalue weighted by Crippen LogP contribution is 2.35. The van der Waals surface area contributed by atoms with Crippen molar-refractivity contribution < 1.29 is 9.47 Å². The van der Waals surface area contributed by atoms with E-state index < -0.39 is 5.79 Å². The van der Waals surface area contributed by atoms with E-state index in [1.54, 1.807) is 0 Å². The molecule has 0 radical (unpaired) electrons. The highest BCUT2D eigenvalue weighted by atomic mass is 35.5. The number of ether oxygens (including phenoxy) is 2. The SMILES string of the molecule is Clc1ccc2c(N3CCCC4(C3)OCCO4)ccnc2c1. The quantitative estimate of drug-likeness (QED) is 0.810. The van der Waals surface area contributed by atoms with Crippen molar-refractivity contribution in [2.45, 2.75) is 18.6 Å². The average Bonchev–Trinajstić information content (AvgIpc) is 2.94. The molecule has 2 aliphatic heterocycles. The van der Waals surface area contributed by atoms with Gasteiger partial charge in [-0.1, -0.05) is 11.6 Å². The van der Waals surface area contributed by atoms with Crippen LogP contribution in [0.3, 0.4) is 0 Å². The van der Waals surface area contributed by atoms with Crippen LogP contribution in [0.5, 0.6) is 0 Å². The van der Waals surface area contributed by atoms with E-state index in [9.17, 15) is 0 Å². The van der Waals surface area contributed by atoms with Crippen molar-refractivity contribution in [1.29, 1.82) is 0 Å². The molecule has 21 heavy (non-hydrogen) atoms. The number of halogens is 1. The standard InChI is InChI=1S/C16H17ClN2O2/c17-12-2-3-13-14(10-12)18-6-4-15(13)19-7-1-5-16(11-19)20-8-9-21-16/h2-4,6,10H,1,5,7-9,11H2. The van der Waals surface area contributed by atoms with Crippen molar-refractivity contribution in [3.8, 4) is 0 Å². The second-order valence-corrected chi connectivity index (χ2v) is 6.06. The number of aromatic nitrogens is 1. The minimum atomic E-state index is -0.416. The normalized spacial score (nSPS) is 21.3. The summed E-state index contributed by atoms with van der Waals surface area (Å²) in [6.45, 7) is 3.17. The second-order valence-electron chi connectivity index (χ2n) is 5.62. The minimum Gasteiger partial charge on any atom is -0.366 e. The molecule has 1 spiro atoms. The molecule has 2 fully saturated rings. The van der Waals surface area contributed by atoms with Crippen LogP contribution in [-0.2, 0) is 9.47 Å². The van der Waals surface area contributed by atoms with E-state index in [1.807, 2.05) is 24.4 Å². The number of piperidine rings is 1. The highest BCUT2D eigenvalue weighted by molar-refractivity contribution is 6.31. The Bertz CT molecular complexity index is 670. The zero-order valence-electron chi connectivity index (χ0n) is 11.7. The van der Waals surface area contributed by atoms with Crippen molar-refractivity contribution in [2.24, 2.45) is 0 Å². The number of hydrogen-bond acceptors (Lipinski definition) is 4. The maximum atomic E-state index is 6.06. The van der Waals surface area contributed by atoms with Crippen molar-refractivity contribution >= 4 is 28.2 Å². The van der Waals surface area contributed by atoms with Crippen molar-refractivity contribution in [3.05, 3.63) is 35.5 Å². The molecule has 0 bridgehead atoms. The van der Waals surface area contributed by atoms with E-state index in [4.69, 9.17) is 21.1 Å². The van der Waals surface area contributed by atoms with Gasteiger partial charge in [-0.05, 0) is 30.7 Å². The molecule has 0 N–H and O–H groups in total. The van der Waals surface area contributed by atoms with Crippen molar-refractivity contribution in [2.75, 3.05) is 31.2 Å². The fourth-order valence-electron chi connectivity index (χ4n) is 3.31. The fourth-order valence-corrected chi connectivity index (χ4v) is 3.47.